The molecule has 1 aliphatic rings. The number of amides is 1. The maximum absolute atomic E-state index is 12.1. The van der Waals surface area contributed by atoms with Crippen molar-refractivity contribution in [2.45, 2.75) is 25.7 Å². The van der Waals surface area contributed by atoms with Gasteiger partial charge < -0.3 is 10.1 Å². The van der Waals surface area contributed by atoms with E-state index in [0.717, 1.165) is 36.7 Å². The largest absolute Gasteiger partial charge is 0.381 e. The Balaban J connectivity index is 1.92. The molecule has 1 heterocycles. The zero-order valence-electron chi connectivity index (χ0n) is 11.0. The van der Waals surface area contributed by atoms with Crippen LogP contribution in [0.2, 0.25) is 0 Å². The van der Waals surface area contributed by atoms with Crippen LogP contribution in [0, 0.1) is 5.92 Å². The van der Waals surface area contributed by atoms with Gasteiger partial charge in [-0.15, -0.1) is 0 Å². The van der Waals surface area contributed by atoms with Crippen LogP contribution >= 0.6 is 15.9 Å². The molecule has 0 spiro atoms. The van der Waals surface area contributed by atoms with Crippen molar-refractivity contribution in [2.75, 3.05) is 23.9 Å². The van der Waals surface area contributed by atoms with Gasteiger partial charge in [0.15, 0.2) is 0 Å². The van der Waals surface area contributed by atoms with E-state index in [0.29, 0.717) is 13.2 Å². The van der Waals surface area contributed by atoms with Crippen LogP contribution in [0.15, 0.2) is 24.3 Å². The molecule has 0 bridgehead atoms. The van der Waals surface area contributed by atoms with Gasteiger partial charge in [-0.25, -0.2) is 0 Å². The first-order chi connectivity index (χ1) is 9.29. The van der Waals surface area contributed by atoms with E-state index in [9.17, 15) is 4.79 Å². The van der Waals surface area contributed by atoms with E-state index in [1.54, 1.807) is 0 Å². The zero-order valence-corrected chi connectivity index (χ0v) is 12.6. The summed E-state index contributed by atoms with van der Waals surface area (Å²) in [6.07, 6.45) is 3.80. The summed E-state index contributed by atoms with van der Waals surface area (Å²) in [5, 5.41) is 4.03. The number of nitrogens with one attached hydrogen (secondary N) is 1. The van der Waals surface area contributed by atoms with Crippen LogP contribution in [-0.2, 0) is 16.0 Å². The first kappa shape index (κ1) is 14.5. The molecule has 1 aromatic carbocycles. The lowest BCUT2D eigenvalue weighted by Crippen LogP contribution is -2.28. The van der Waals surface area contributed by atoms with E-state index in [2.05, 4.69) is 33.4 Å². The molecule has 1 amide bonds. The molecule has 0 aromatic heterocycles. The predicted octanol–water partition coefficient (Wildman–Crippen LogP) is 3.38. The average molecular weight is 326 g/mol. The molecule has 0 radical (unpaired) electrons. The van der Waals surface area contributed by atoms with Gasteiger partial charge >= 0.3 is 0 Å². The molecule has 4 heteroatoms. The molecule has 1 saturated heterocycles. The van der Waals surface area contributed by atoms with Gasteiger partial charge in [0.2, 0.25) is 5.91 Å². The Morgan fingerprint density at radius 1 is 1.37 bits per heavy atom. The summed E-state index contributed by atoms with van der Waals surface area (Å²) in [4.78, 5) is 12.1. The Bertz CT molecular complexity index is 416. The lowest BCUT2D eigenvalue weighted by molar-refractivity contribution is -0.122. The number of aryl methyl sites for hydroxylation is 1. The Kier molecular flexibility index (Phi) is 5.86. The van der Waals surface area contributed by atoms with Crippen LogP contribution in [-0.4, -0.2) is 24.5 Å². The van der Waals surface area contributed by atoms with Crippen molar-refractivity contribution in [3.05, 3.63) is 29.8 Å². The normalized spacial score (nSPS) is 16.3. The van der Waals surface area contributed by atoms with Gasteiger partial charge in [-0.05, 0) is 43.4 Å². The minimum atomic E-state index is 0.0972. The Hall–Kier alpha value is -0.870. The minimum Gasteiger partial charge on any atom is -0.381 e. The molecule has 0 saturated carbocycles. The lowest BCUT2D eigenvalue weighted by Gasteiger charge is -2.21. The Morgan fingerprint density at radius 3 is 2.89 bits per heavy atom. The molecule has 1 N–H and O–H groups in total. The fraction of sp³-hybridized carbons (Fsp3) is 0.533. The molecular weight excluding hydrogens is 306 g/mol. The van der Waals surface area contributed by atoms with Crippen molar-refractivity contribution in [2.24, 2.45) is 5.92 Å². The molecule has 1 aromatic rings. The highest BCUT2D eigenvalue weighted by Crippen LogP contribution is 2.18. The number of benzene rings is 1. The van der Waals surface area contributed by atoms with Gasteiger partial charge in [0.25, 0.3) is 0 Å². The number of hydrogen-bond acceptors (Lipinski definition) is 2. The smallest absolute Gasteiger partial charge is 0.227 e. The van der Waals surface area contributed by atoms with Crippen LogP contribution < -0.4 is 5.32 Å². The summed E-state index contributed by atoms with van der Waals surface area (Å²) in [6.45, 7) is 1.40. The Labute approximate surface area is 122 Å². The Morgan fingerprint density at radius 2 is 2.16 bits per heavy atom. The number of ether oxygens (including phenoxy) is 1. The van der Waals surface area contributed by atoms with E-state index >= 15 is 0 Å². The molecule has 3 nitrogen and oxygen atoms in total. The standard InChI is InChI=1S/C15H20BrNO2/c16-8-2-4-12-3-1-5-14(11-12)17-15(18)13-6-9-19-10-7-13/h1,3,5,11,13H,2,4,6-10H2,(H,17,18). The van der Waals surface area contributed by atoms with Gasteiger partial charge in [-0.3, -0.25) is 4.79 Å². The number of carbonyl (C=O) groups excluding carboxylic acids is 1. The number of alkyl halides is 1. The van der Waals surface area contributed by atoms with Crippen LogP contribution in [0.5, 0.6) is 0 Å². The summed E-state index contributed by atoms with van der Waals surface area (Å²) < 4.78 is 5.28. The number of carbonyl (C=O) groups is 1. The maximum atomic E-state index is 12.1. The summed E-state index contributed by atoms with van der Waals surface area (Å²) in [5.74, 6) is 0.223. The number of hydrogen-bond donors (Lipinski definition) is 1. The van der Waals surface area contributed by atoms with Gasteiger partial charge in [0.1, 0.15) is 0 Å². The average Bonchev–Trinajstić information content (AvgIpc) is 2.46. The van der Waals surface area contributed by atoms with E-state index in [4.69, 9.17) is 4.74 Å². The SMILES string of the molecule is O=C(Nc1cccc(CCCBr)c1)C1CCOCC1. The van der Waals surface area contributed by atoms with Crippen molar-refractivity contribution in [1.29, 1.82) is 0 Å². The molecular formula is C15H20BrNO2. The monoisotopic (exact) mass is 325 g/mol. The van der Waals surface area contributed by atoms with Crippen molar-refractivity contribution in [3.63, 3.8) is 0 Å². The van der Waals surface area contributed by atoms with Crippen molar-refractivity contribution < 1.29 is 9.53 Å². The predicted molar refractivity (Wildman–Crippen MR) is 80.7 cm³/mol. The molecule has 104 valence electrons. The fourth-order valence-electron chi connectivity index (χ4n) is 2.28. The molecule has 2 rings (SSSR count). The minimum absolute atomic E-state index is 0.0972. The van der Waals surface area contributed by atoms with Crippen molar-refractivity contribution in [1.82, 2.24) is 0 Å². The number of halogens is 1. The third-order valence-electron chi connectivity index (χ3n) is 3.39. The first-order valence-electron chi connectivity index (χ1n) is 6.83. The summed E-state index contributed by atoms with van der Waals surface area (Å²) in [5.41, 5.74) is 2.17. The number of rotatable bonds is 5. The number of anilines is 1. The first-order valence-corrected chi connectivity index (χ1v) is 7.95. The molecule has 0 atom stereocenters. The summed E-state index contributed by atoms with van der Waals surface area (Å²) in [6, 6.07) is 8.13. The van der Waals surface area contributed by atoms with E-state index in [1.807, 2.05) is 12.1 Å². The van der Waals surface area contributed by atoms with E-state index < -0.39 is 0 Å². The van der Waals surface area contributed by atoms with Crippen LogP contribution in [0.25, 0.3) is 0 Å². The maximum Gasteiger partial charge on any atom is 0.227 e. The topological polar surface area (TPSA) is 38.3 Å². The van der Waals surface area contributed by atoms with Gasteiger partial charge in [0.05, 0.1) is 0 Å². The highest BCUT2D eigenvalue weighted by molar-refractivity contribution is 9.09. The lowest BCUT2D eigenvalue weighted by atomic mass is 9.99. The molecule has 0 aliphatic carbocycles. The highest BCUT2D eigenvalue weighted by atomic mass is 79.9. The second kappa shape index (κ2) is 7.65. The van der Waals surface area contributed by atoms with E-state index in [1.165, 1.54) is 5.56 Å². The summed E-state index contributed by atoms with van der Waals surface area (Å²) >= 11 is 3.44. The van der Waals surface area contributed by atoms with Crippen LogP contribution in [0.3, 0.4) is 0 Å². The zero-order chi connectivity index (χ0) is 13.5. The molecule has 1 aliphatic heterocycles. The van der Waals surface area contributed by atoms with Crippen LogP contribution in [0.4, 0.5) is 5.69 Å². The quantitative estimate of drug-likeness (QED) is 0.843. The third kappa shape index (κ3) is 4.62. The van der Waals surface area contributed by atoms with Crippen molar-refractivity contribution in [3.8, 4) is 0 Å². The third-order valence-corrected chi connectivity index (χ3v) is 3.95. The van der Waals surface area contributed by atoms with Crippen molar-refractivity contribution >= 4 is 27.5 Å². The van der Waals surface area contributed by atoms with Gasteiger partial charge in [-0.1, -0.05) is 28.1 Å². The fourth-order valence-corrected chi connectivity index (χ4v) is 2.56. The van der Waals surface area contributed by atoms with E-state index in [-0.39, 0.29) is 11.8 Å². The second-order valence-electron chi connectivity index (χ2n) is 4.87. The molecule has 1 fully saturated rings. The summed E-state index contributed by atoms with van der Waals surface area (Å²) in [7, 11) is 0. The van der Waals surface area contributed by atoms with Crippen LogP contribution in [0.1, 0.15) is 24.8 Å². The van der Waals surface area contributed by atoms with Gasteiger partial charge in [0, 0.05) is 30.1 Å². The molecule has 0 unspecified atom stereocenters. The van der Waals surface area contributed by atoms with Gasteiger partial charge in [-0.2, -0.15) is 0 Å². The molecule has 19 heavy (non-hydrogen) atoms. The second-order valence-corrected chi connectivity index (χ2v) is 5.66. The highest BCUT2D eigenvalue weighted by Gasteiger charge is 2.21.